The number of nitrogens with one attached hydrogen (secondary N) is 2. The molecule has 0 saturated heterocycles. The summed E-state index contributed by atoms with van der Waals surface area (Å²) in [5, 5.41) is 18.9. The van der Waals surface area contributed by atoms with Crippen molar-refractivity contribution in [2.24, 2.45) is 5.92 Å². The normalized spacial score (nSPS) is 12.3. The van der Waals surface area contributed by atoms with Gasteiger partial charge in [-0.15, -0.1) is 0 Å². The van der Waals surface area contributed by atoms with E-state index in [9.17, 15) is 14.9 Å². The Bertz CT molecular complexity index is 1630. The highest BCUT2D eigenvalue weighted by Crippen LogP contribution is 2.27. The molecule has 4 aromatic rings. The van der Waals surface area contributed by atoms with Crippen molar-refractivity contribution in [3.05, 3.63) is 121 Å². The fourth-order valence-electron chi connectivity index (χ4n) is 4.70. The van der Waals surface area contributed by atoms with E-state index >= 15 is 0 Å². The number of hydrogen-bond acceptors (Lipinski definition) is 5. The minimum absolute atomic E-state index is 0.0262. The number of nitro groups is 1. The van der Waals surface area contributed by atoms with Gasteiger partial charge in [-0.2, -0.15) is 0 Å². The average Bonchev–Trinajstić information content (AvgIpc) is 3.45. The number of benzene rings is 3. The molecule has 1 amide bonds. The third kappa shape index (κ3) is 9.74. The molecule has 2 atom stereocenters. The van der Waals surface area contributed by atoms with Crippen LogP contribution in [0.25, 0.3) is 0 Å². The Hall–Kier alpha value is -3.51. The van der Waals surface area contributed by atoms with Crippen molar-refractivity contribution in [2.75, 3.05) is 11.9 Å². The maximum absolute atomic E-state index is 13.5. The van der Waals surface area contributed by atoms with E-state index in [4.69, 9.17) is 35.4 Å². The summed E-state index contributed by atoms with van der Waals surface area (Å²) in [5.74, 6) is -0.0231. The molecule has 4 rings (SSSR count). The number of aromatic nitrogens is 2. The van der Waals surface area contributed by atoms with Crippen LogP contribution in [0.1, 0.15) is 37.1 Å². The molecule has 1 aromatic heterocycles. The van der Waals surface area contributed by atoms with Crippen molar-refractivity contribution in [3.8, 4) is 0 Å². The van der Waals surface area contributed by atoms with E-state index in [0.717, 1.165) is 33.4 Å². The first-order chi connectivity index (χ1) is 21.5. The number of imidazole rings is 1. The predicted octanol–water partition coefficient (Wildman–Crippen LogP) is 7.88. The molecule has 3 aromatic carbocycles. The molecule has 45 heavy (non-hydrogen) atoms. The van der Waals surface area contributed by atoms with Crippen LogP contribution >= 0.6 is 51.3 Å². The molecule has 9 nitrogen and oxygen atoms in total. The Kier molecular flexibility index (Phi) is 12.3. The van der Waals surface area contributed by atoms with Gasteiger partial charge in [0.1, 0.15) is 0 Å². The largest absolute Gasteiger partial charge is 0.351 e. The smallest absolute Gasteiger partial charge is 0.269 e. The summed E-state index contributed by atoms with van der Waals surface area (Å²) < 4.78 is 2.82. The summed E-state index contributed by atoms with van der Waals surface area (Å²) in [4.78, 5) is 30.3. The molecule has 0 aliphatic heterocycles. The number of carbonyl (C=O) groups excluding carboxylic acids is 1. The van der Waals surface area contributed by atoms with E-state index in [0.29, 0.717) is 34.8 Å². The molecule has 0 unspecified atom stereocenters. The van der Waals surface area contributed by atoms with Gasteiger partial charge in [-0.1, -0.05) is 83.7 Å². The first kappa shape index (κ1) is 34.4. The van der Waals surface area contributed by atoms with Gasteiger partial charge in [0.2, 0.25) is 5.91 Å². The number of carbonyl (C=O) groups is 1. The van der Waals surface area contributed by atoms with Crippen LogP contribution in [0.15, 0.2) is 83.7 Å². The number of nitro benzene ring substituents is 1. The molecular formula is C32H33BrCl2N6O3S. The van der Waals surface area contributed by atoms with Crippen molar-refractivity contribution in [2.45, 2.75) is 45.8 Å². The number of anilines is 1. The predicted molar refractivity (Wildman–Crippen MR) is 187 cm³/mol. The lowest BCUT2D eigenvalue weighted by atomic mass is 9.98. The van der Waals surface area contributed by atoms with Gasteiger partial charge in [-0.05, 0) is 59.6 Å². The van der Waals surface area contributed by atoms with Crippen molar-refractivity contribution < 1.29 is 9.72 Å². The molecule has 0 bridgehead atoms. The Labute approximate surface area is 286 Å². The van der Waals surface area contributed by atoms with Gasteiger partial charge in [0.15, 0.2) is 5.11 Å². The van der Waals surface area contributed by atoms with E-state index < -0.39 is 4.92 Å². The van der Waals surface area contributed by atoms with Crippen molar-refractivity contribution in [1.29, 1.82) is 0 Å². The molecule has 0 spiro atoms. The number of non-ortho nitro benzene ring substituents is 1. The lowest BCUT2D eigenvalue weighted by Crippen LogP contribution is -2.50. The summed E-state index contributed by atoms with van der Waals surface area (Å²) in [5.41, 5.74) is 3.26. The summed E-state index contributed by atoms with van der Waals surface area (Å²) >= 11 is 22.2. The van der Waals surface area contributed by atoms with Gasteiger partial charge in [-0.3, -0.25) is 14.9 Å². The summed E-state index contributed by atoms with van der Waals surface area (Å²) in [7, 11) is 0. The van der Waals surface area contributed by atoms with Gasteiger partial charge in [0, 0.05) is 59.9 Å². The molecule has 0 radical (unpaired) electrons. The van der Waals surface area contributed by atoms with Crippen molar-refractivity contribution >= 4 is 73.7 Å². The van der Waals surface area contributed by atoms with E-state index in [1.54, 1.807) is 30.7 Å². The maximum atomic E-state index is 13.5. The number of hydrogen-bond donors (Lipinski definition) is 2. The lowest BCUT2D eigenvalue weighted by molar-refractivity contribution is -0.384. The molecular weight excluding hydrogens is 699 g/mol. The van der Waals surface area contributed by atoms with E-state index in [2.05, 4.69) is 45.4 Å². The summed E-state index contributed by atoms with van der Waals surface area (Å²) in [6, 6.07) is 19.3. The Morgan fingerprint density at radius 3 is 2.51 bits per heavy atom. The van der Waals surface area contributed by atoms with Crippen LogP contribution in [0.4, 0.5) is 11.4 Å². The fraction of sp³-hybridized carbons (Fsp3) is 0.281. The van der Waals surface area contributed by atoms with Crippen LogP contribution in [-0.2, 0) is 24.3 Å². The minimum Gasteiger partial charge on any atom is -0.351 e. The highest BCUT2D eigenvalue weighted by molar-refractivity contribution is 9.10. The highest BCUT2D eigenvalue weighted by Gasteiger charge is 2.25. The van der Waals surface area contributed by atoms with Gasteiger partial charge in [0.05, 0.1) is 27.7 Å². The first-order valence-corrected chi connectivity index (χ1v) is 16.3. The quantitative estimate of drug-likeness (QED) is 0.0819. The van der Waals surface area contributed by atoms with E-state index in [1.165, 1.54) is 12.1 Å². The van der Waals surface area contributed by atoms with Crippen LogP contribution in [0, 0.1) is 16.0 Å². The van der Waals surface area contributed by atoms with Crippen LogP contribution in [0.5, 0.6) is 0 Å². The van der Waals surface area contributed by atoms with Crippen molar-refractivity contribution in [1.82, 2.24) is 19.8 Å². The zero-order chi connectivity index (χ0) is 32.5. The standard InChI is InChI=1S/C32H33BrCl2N6O3S/c1-3-21(2)29(38-30(42)15-27-16-36-20-40(27)17-22-7-13-26(14-8-22)41(43)44)19-39(18-23-5-4-6-28(34)31(23)35)32(45)37-25-11-9-24(33)10-12-25/h4-14,16,20-21,29H,3,15,17-19H2,1-2H3,(H,37,45)(H,38,42)/t21-,29+/m0/s1. The topological polar surface area (TPSA) is 105 Å². The third-order valence-electron chi connectivity index (χ3n) is 7.51. The number of rotatable bonds is 13. The Morgan fingerprint density at radius 1 is 1.13 bits per heavy atom. The number of nitrogens with zero attached hydrogens (tertiary/aromatic N) is 4. The molecule has 0 aliphatic carbocycles. The van der Waals surface area contributed by atoms with E-state index in [1.807, 2.05) is 45.9 Å². The Morgan fingerprint density at radius 2 is 1.84 bits per heavy atom. The van der Waals surface area contributed by atoms with Gasteiger partial charge in [0.25, 0.3) is 5.69 Å². The SMILES string of the molecule is CC[C@H](C)[C@@H](CN(Cc1cccc(Cl)c1Cl)C(=S)Nc1ccc(Br)cc1)NC(=O)Cc1cncn1Cc1ccc([N+](=O)[O-])cc1. The second kappa shape index (κ2) is 16.2. The van der Waals surface area contributed by atoms with Gasteiger partial charge >= 0.3 is 0 Å². The molecule has 0 saturated carbocycles. The fourth-order valence-corrected chi connectivity index (χ4v) is 5.60. The number of thiocarbonyl (C=S) groups is 1. The summed E-state index contributed by atoms with van der Waals surface area (Å²) in [6.45, 7) is 5.42. The highest BCUT2D eigenvalue weighted by atomic mass is 79.9. The molecule has 0 aliphatic rings. The molecule has 0 fully saturated rings. The third-order valence-corrected chi connectivity index (χ3v) is 9.26. The van der Waals surface area contributed by atoms with Gasteiger partial charge in [-0.25, -0.2) is 4.98 Å². The first-order valence-electron chi connectivity index (χ1n) is 14.3. The van der Waals surface area contributed by atoms with Crippen molar-refractivity contribution in [3.63, 3.8) is 0 Å². The lowest BCUT2D eigenvalue weighted by Gasteiger charge is -2.33. The molecule has 13 heteroatoms. The zero-order valence-electron chi connectivity index (χ0n) is 24.8. The van der Waals surface area contributed by atoms with E-state index in [-0.39, 0.29) is 30.0 Å². The number of amides is 1. The monoisotopic (exact) mass is 730 g/mol. The molecule has 2 N–H and O–H groups in total. The summed E-state index contributed by atoms with van der Waals surface area (Å²) in [6.07, 6.45) is 4.26. The second-order valence-corrected chi connectivity index (χ2v) is 12.8. The second-order valence-electron chi connectivity index (χ2n) is 10.7. The minimum atomic E-state index is -0.432. The Balaban J connectivity index is 1.50. The molecule has 1 heterocycles. The number of halogens is 3. The van der Waals surface area contributed by atoms with Crippen LogP contribution < -0.4 is 10.6 Å². The molecule has 236 valence electrons. The average molecular weight is 733 g/mol. The van der Waals surface area contributed by atoms with Crippen LogP contribution in [0.3, 0.4) is 0 Å². The van der Waals surface area contributed by atoms with Crippen LogP contribution in [0.2, 0.25) is 10.0 Å². The zero-order valence-corrected chi connectivity index (χ0v) is 28.7. The van der Waals surface area contributed by atoms with Crippen LogP contribution in [-0.4, -0.2) is 43.0 Å². The van der Waals surface area contributed by atoms with Gasteiger partial charge < -0.3 is 20.1 Å². The maximum Gasteiger partial charge on any atom is 0.269 e.